The van der Waals surface area contributed by atoms with Gasteiger partial charge in [-0.3, -0.25) is 4.79 Å². The number of likely N-dealkylation sites (tertiary alicyclic amines) is 1. The minimum Gasteiger partial charge on any atom is -0.384 e. The summed E-state index contributed by atoms with van der Waals surface area (Å²) in [6.45, 7) is 6.87. The predicted octanol–water partition coefficient (Wildman–Crippen LogP) is 3.05. The fourth-order valence-corrected chi connectivity index (χ4v) is 2.34. The molecule has 2 rings (SSSR count). The first-order valence-electron chi connectivity index (χ1n) is 6.86. The minimum atomic E-state index is 0.176. The lowest BCUT2D eigenvalue weighted by Gasteiger charge is -2.18. The van der Waals surface area contributed by atoms with Crippen LogP contribution in [0.5, 0.6) is 0 Å². The summed E-state index contributed by atoms with van der Waals surface area (Å²) < 4.78 is 0. The van der Waals surface area contributed by atoms with Crippen LogP contribution in [0.1, 0.15) is 42.1 Å². The van der Waals surface area contributed by atoms with Crippen LogP contribution in [0.3, 0.4) is 0 Å². The van der Waals surface area contributed by atoms with Crippen LogP contribution in [-0.2, 0) is 0 Å². The monoisotopic (exact) mass is 246 g/mol. The predicted molar refractivity (Wildman–Crippen MR) is 75.1 cm³/mol. The number of carbonyl (C=O) groups is 1. The van der Waals surface area contributed by atoms with Crippen LogP contribution in [0, 0.1) is 6.92 Å². The summed E-state index contributed by atoms with van der Waals surface area (Å²) in [5, 5.41) is 3.35. The third-order valence-corrected chi connectivity index (χ3v) is 3.36. The van der Waals surface area contributed by atoms with Gasteiger partial charge in [0.15, 0.2) is 0 Å². The van der Waals surface area contributed by atoms with E-state index in [4.69, 9.17) is 0 Å². The van der Waals surface area contributed by atoms with Crippen LogP contribution in [0.2, 0.25) is 0 Å². The average Bonchev–Trinajstić information content (AvgIpc) is 2.90. The summed E-state index contributed by atoms with van der Waals surface area (Å²) in [7, 11) is 0. The molecule has 1 amide bonds. The van der Waals surface area contributed by atoms with E-state index in [9.17, 15) is 4.79 Å². The van der Waals surface area contributed by atoms with Gasteiger partial charge in [-0.2, -0.15) is 0 Å². The number of anilines is 1. The third kappa shape index (κ3) is 2.84. The van der Waals surface area contributed by atoms with Gasteiger partial charge in [0.1, 0.15) is 0 Å². The van der Waals surface area contributed by atoms with Crippen molar-refractivity contribution in [1.82, 2.24) is 4.90 Å². The van der Waals surface area contributed by atoms with Crippen molar-refractivity contribution in [3.05, 3.63) is 29.3 Å². The molecule has 18 heavy (non-hydrogen) atoms. The van der Waals surface area contributed by atoms with E-state index in [1.54, 1.807) is 0 Å². The first-order valence-corrected chi connectivity index (χ1v) is 6.86. The lowest BCUT2D eigenvalue weighted by Crippen LogP contribution is -2.28. The van der Waals surface area contributed by atoms with E-state index < -0.39 is 0 Å². The van der Waals surface area contributed by atoms with E-state index in [1.165, 1.54) is 0 Å². The molecule has 3 nitrogen and oxygen atoms in total. The van der Waals surface area contributed by atoms with E-state index in [0.29, 0.717) is 0 Å². The Bertz CT molecular complexity index is 423. The Morgan fingerprint density at radius 3 is 2.72 bits per heavy atom. The Labute approximate surface area is 109 Å². The number of benzene rings is 1. The highest BCUT2D eigenvalue weighted by Crippen LogP contribution is 2.21. The quantitative estimate of drug-likeness (QED) is 0.885. The SMILES string of the molecule is CCCNc1ccc(C)cc1C(=O)N1CCCC1. The molecule has 1 aromatic rings. The molecule has 0 atom stereocenters. The second kappa shape index (κ2) is 5.89. The summed E-state index contributed by atoms with van der Waals surface area (Å²) in [6, 6.07) is 6.08. The van der Waals surface area contributed by atoms with E-state index in [-0.39, 0.29) is 5.91 Å². The molecule has 0 aliphatic carbocycles. The van der Waals surface area contributed by atoms with Crippen LogP contribution in [0.4, 0.5) is 5.69 Å². The van der Waals surface area contributed by atoms with Gasteiger partial charge in [0.05, 0.1) is 5.56 Å². The summed E-state index contributed by atoms with van der Waals surface area (Å²) in [5.41, 5.74) is 2.93. The smallest absolute Gasteiger partial charge is 0.255 e. The van der Waals surface area contributed by atoms with Crippen molar-refractivity contribution in [1.29, 1.82) is 0 Å². The first-order chi connectivity index (χ1) is 8.72. The maximum atomic E-state index is 12.5. The fourth-order valence-electron chi connectivity index (χ4n) is 2.34. The normalized spacial score (nSPS) is 14.9. The molecule has 1 saturated heterocycles. The van der Waals surface area contributed by atoms with Gasteiger partial charge in [-0.05, 0) is 38.3 Å². The lowest BCUT2D eigenvalue weighted by molar-refractivity contribution is 0.0793. The molecule has 1 heterocycles. The van der Waals surface area contributed by atoms with Crippen LogP contribution in [0.25, 0.3) is 0 Å². The zero-order valence-electron chi connectivity index (χ0n) is 11.3. The molecular weight excluding hydrogens is 224 g/mol. The second-order valence-corrected chi connectivity index (χ2v) is 4.98. The van der Waals surface area contributed by atoms with Crippen molar-refractivity contribution in [3.63, 3.8) is 0 Å². The maximum absolute atomic E-state index is 12.5. The zero-order chi connectivity index (χ0) is 13.0. The molecular formula is C15H22N2O. The van der Waals surface area contributed by atoms with Gasteiger partial charge in [0, 0.05) is 25.3 Å². The van der Waals surface area contributed by atoms with Gasteiger partial charge in [-0.25, -0.2) is 0 Å². The Hall–Kier alpha value is -1.51. The molecule has 0 aromatic heterocycles. The van der Waals surface area contributed by atoms with Gasteiger partial charge in [-0.15, -0.1) is 0 Å². The van der Waals surface area contributed by atoms with Gasteiger partial charge >= 0.3 is 0 Å². The van der Waals surface area contributed by atoms with Crippen molar-refractivity contribution in [2.24, 2.45) is 0 Å². The fraction of sp³-hybridized carbons (Fsp3) is 0.533. The first kappa shape index (κ1) is 12.9. The average molecular weight is 246 g/mol. The van der Waals surface area contributed by atoms with Gasteiger partial charge in [0.25, 0.3) is 5.91 Å². The van der Waals surface area contributed by atoms with Crippen LogP contribution >= 0.6 is 0 Å². The third-order valence-electron chi connectivity index (χ3n) is 3.36. The molecule has 98 valence electrons. The largest absolute Gasteiger partial charge is 0.384 e. The molecule has 1 fully saturated rings. The van der Waals surface area contributed by atoms with Crippen molar-refractivity contribution in [3.8, 4) is 0 Å². The topological polar surface area (TPSA) is 32.3 Å². The van der Waals surface area contributed by atoms with Crippen molar-refractivity contribution in [2.75, 3.05) is 25.0 Å². The number of nitrogens with zero attached hydrogens (tertiary/aromatic N) is 1. The number of hydrogen-bond acceptors (Lipinski definition) is 2. The maximum Gasteiger partial charge on any atom is 0.255 e. The summed E-state index contributed by atoms with van der Waals surface area (Å²) in [5.74, 6) is 0.176. The van der Waals surface area contributed by atoms with E-state index in [1.807, 2.05) is 24.0 Å². The summed E-state index contributed by atoms with van der Waals surface area (Å²) >= 11 is 0. The Balaban J connectivity index is 2.22. The second-order valence-electron chi connectivity index (χ2n) is 4.98. The van der Waals surface area contributed by atoms with Gasteiger partial charge < -0.3 is 10.2 Å². The van der Waals surface area contributed by atoms with Crippen LogP contribution < -0.4 is 5.32 Å². The highest BCUT2D eigenvalue weighted by molar-refractivity contribution is 6.00. The zero-order valence-corrected chi connectivity index (χ0v) is 11.3. The molecule has 1 N–H and O–H groups in total. The Morgan fingerprint density at radius 2 is 2.06 bits per heavy atom. The van der Waals surface area contributed by atoms with Crippen molar-refractivity contribution < 1.29 is 4.79 Å². The molecule has 3 heteroatoms. The summed E-state index contributed by atoms with van der Waals surface area (Å²) in [6.07, 6.45) is 3.33. The molecule has 0 saturated carbocycles. The Morgan fingerprint density at radius 1 is 1.33 bits per heavy atom. The van der Waals surface area contributed by atoms with Crippen LogP contribution in [0.15, 0.2) is 18.2 Å². The highest BCUT2D eigenvalue weighted by atomic mass is 16.2. The number of rotatable bonds is 4. The number of amides is 1. The van der Waals surface area contributed by atoms with E-state index in [2.05, 4.69) is 18.3 Å². The van der Waals surface area contributed by atoms with Crippen molar-refractivity contribution in [2.45, 2.75) is 33.1 Å². The molecule has 1 aliphatic heterocycles. The number of carbonyl (C=O) groups excluding carboxylic acids is 1. The highest BCUT2D eigenvalue weighted by Gasteiger charge is 2.21. The molecule has 0 unspecified atom stereocenters. The molecule has 0 radical (unpaired) electrons. The van der Waals surface area contributed by atoms with E-state index >= 15 is 0 Å². The van der Waals surface area contributed by atoms with Gasteiger partial charge in [0.2, 0.25) is 0 Å². The van der Waals surface area contributed by atoms with E-state index in [0.717, 1.165) is 55.7 Å². The number of hydrogen-bond donors (Lipinski definition) is 1. The standard InChI is InChI=1S/C15H22N2O/c1-3-8-16-14-7-6-12(2)11-13(14)15(18)17-9-4-5-10-17/h6-7,11,16H,3-5,8-10H2,1-2H3. The number of nitrogens with one attached hydrogen (secondary N) is 1. The van der Waals surface area contributed by atoms with Crippen molar-refractivity contribution >= 4 is 11.6 Å². The lowest BCUT2D eigenvalue weighted by atomic mass is 10.1. The molecule has 0 spiro atoms. The summed E-state index contributed by atoms with van der Waals surface area (Å²) in [4.78, 5) is 14.4. The number of aryl methyl sites for hydroxylation is 1. The molecule has 1 aromatic carbocycles. The van der Waals surface area contributed by atoms with Gasteiger partial charge in [-0.1, -0.05) is 18.6 Å². The Kier molecular flexibility index (Phi) is 4.24. The van der Waals surface area contributed by atoms with Crippen LogP contribution in [-0.4, -0.2) is 30.4 Å². The minimum absolute atomic E-state index is 0.176. The molecule has 0 bridgehead atoms. The molecule has 1 aliphatic rings.